The summed E-state index contributed by atoms with van der Waals surface area (Å²) < 4.78 is 6.72. The van der Waals surface area contributed by atoms with Gasteiger partial charge in [-0.05, 0) is 29.7 Å². The van der Waals surface area contributed by atoms with E-state index in [-0.39, 0.29) is 18.5 Å². The summed E-state index contributed by atoms with van der Waals surface area (Å²) in [4.78, 5) is 18.6. The van der Waals surface area contributed by atoms with Gasteiger partial charge in [0.2, 0.25) is 11.8 Å². The maximum Gasteiger partial charge on any atom is 0.249 e. The van der Waals surface area contributed by atoms with Crippen LogP contribution in [0.15, 0.2) is 10.9 Å². The molecule has 0 saturated carbocycles. The normalized spacial score (nSPS) is 18.9. The van der Waals surface area contributed by atoms with Gasteiger partial charge in [0.05, 0.1) is 0 Å². The summed E-state index contributed by atoms with van der Waals surface area (Å²) in [7, 11) is 0. The van der Waals surface area contributed by atoms with Crippen LogP contribution < -0.4 is 0 Å². The van der Waals surface area contributed by atoms with E-state index in [1.54, 1.807) is 4.90 Å². The number of tetrazole rings is 1. The Morgan fingerprint density at radius 1 is 1.48 bits per heavy atom. The SMILES string of the molecule is CCc1noc(C2CCCCN2C(=O)Cn2cnnn2)n1. The second-order valence-electron chi connectivity index (χ2n) is 5.01. The first-order chi connectivity index (χ1) is 10.3. The largest absolute Gasteiger partial charge is 0.337 e. The van der Waals surface area contributed by atoms with Crippen molar-refractivity contribution in [3.05, 3.63) is 18.0 Å². The molecule has 1 aliphatic rings. The molecule has 1 saturated heterocycles. The average molecular weight is 291 g/mol. The Hall–Kier alpha value is -2.32. The van der Waals surface area contributed by atoms with Crippen molar-refractivity contribution < 1.29 is 9.32 Å². The quantitative estimate of drug-likeness (QED) is 0.801. The number of carbonyl (C=O) groups is 1. The highest BCUT2D eigenvalue weighted by Crippen LogP contribution is 2.30. The Kier molecular flexibility index (Phi) is 3.89. The monoisotopic (exact) mass is 291 g/mol. The fourth-order valence-electron chi connectivity index (χ4n) is 2.52. The smallest absolute Gasteiger partial charge is 0.249 e. The number of nitrogens with zero attached hydrogens (tertiary/aromatic N) is 7. The summed E-state index contributed by atoms with van der Waals surface area (Å²) in [5.41, 5.74) is 0. The fraction of sp³-hybridized carbons (Fsp3) is 0.667. The standard InChI is InChI=1S/C12H17N7O2/c1-2-10-14-12(21-15-10)9-5-3-4-6-19(9)11(20)7-18-8-13-16-17-18/h8-9H,2-7H2,1H3. The van der Waals surface area contributed by atoms with Gasteiger partial charge in [-0.2, -0.15) is 4.98 Å². The van der Waals surface area contributed by atoms with Gasteiger partial charge in [0, 0.05) is 13.0 Å². The summed E-state index contributed by atoms with van der Waals surface area (Å²) in [5, 5.41) is 14.7. The predicted molar refractivity (Wildman–Crippen MR) is 69.8 cm³/mol. The molecule has 1 atom stereocenters. The van der Waals surface area contributed by atoms with Crippen molar-refractivity contribution >= 4 is 5.91 Å². The number of likely N-dealkylation sites (tertiary alicyclic amines) is 1. The highest BCUT2D eigenvalue weighted by Gasteiger charge is 2.32. The highest BCUT2D eigenvalue weighted by atomic mass is 16.5. The van der Waals surface area contributed by atoms with Crippen LogP contribution in [0.1, 0.15) is 43.9 Å². The van der Waals surface area contributed by atoms with Gasteiger partial charge < -0.3 is 9.42 Å². The first-order valence-electron chi connectivity index (χ1n) is 7.10. The minimum absolute atomic E-state index is 0.0387. The molecule has 0 bridgehead atoms. The van der Waals surface area contributed by atoms with Crippen molar-refractivity contribution in [2.24, 2.45) is 0 Å². The summed E-state index contributed by atoms with van der Waals surface area (Å²) >= 11 is 0. The number of carbonyl (C=O) groups excluding carboxylic acids is 1. The maximum atomic E-state index is 12.4. The van der Waals surface area contributed by atoms with Crippen molar-refractivity contribution in [1.29, 1.82) is 0 Å². The zero-order chi connectivity index (χ0) is 14.7. The Morgan fingerprint density at radius 2 is 2.38 bits per heavy atom. The van der Waals surface area contributed by atoms with Gasteiger partial charge >= 0.3 is 0 Å². The molecule has 1 aliphatic heterocycles. The number of rotatable bonds is 4. The molecule has 2 aromatic heterocycles. The molecule has 21 heavy (non-hydrogen) atoms. The van der Waals surface area contributed by atoms with Gasteiger partial charge in [-0.1, -0.05) is 12.1 Å². The van der Waals surface area contributed by atoms with Crippen LogP contribution in [0.3, 0.4) is 0 Å². The minimum Gasteiger partial charge on any atom is -0.337 e. The molecule has 3 rings (SSSR count). The lowest BCUT2D eigenvalue weighted by Crippen LogP contribution is -2.40. The molecule has 3 heterocycles. The zero-order valence-corrected chi connectivity index (χ0v) is 11.8. The lowest BCUT2D eigenvalue weighted by molar-refractivity contribution is -0.136. The number of hydrogen-bond acceptors (Lipinski definition) is 7. The van der Waals surface area contributed by atoms with Crippen LogP contribution >= 0.6 is 0 Å². The Bertz CT molecular complexity index is 595. The molecule has 9 nitrogen and oxygen atoms in total. The second-order valence-corrected chi connectivity index (χ2v) is 5.01. The van der Waals surface area contributed by atoms with Gasteiger partial charge in [0.1, 0.15) is 18.9 Å². The van der Waals surface area contributed by atoms with Crippen LogP contribution in [0.4, 0.5) is 0 Å². The van der Waals surface area contributed by atoms with Crippen LogP contribution in [0.5, 0.6) is 0 Å². The van der Waals surface area contributed by atoms with Gasteiger partial charge in [-0.3, -0.25) is 4.79 Å². The third-order valence-corrected chi connectivity index (χ3v) is 3.60. The molecule has 0 aromatic carbocycles. The molecule has 1 amide bonds. The van der Waals surface area contributed by atoms with Crippen molar-refractivity contribution in [2.75, 3.05) is 6.54 Å². The molecule has 1 unspecified atom stereocenters. The molecule has 1 fully saturated rings. The topological polar surface area (TPSA) is 103 Å². The average Bonchev–Trinajstić information content (AvgIpc) is 3.18. The van der Waals surface area contributed by atoms with Crippen molar-refractivity contribution in [3.63, 3.8) is 0 Å². The van der Waals surface area contributed by atoms with E-state index in [4.69, 9.17) is 4.52 Å². The maximum absolute atomic E-state index is 12.4. The van der Waals surface area contributed by atoms with Crippen LogP contribution in [-0.2, 0) is 17.8 Å². The number of hydrogen-bond donors (Lipinski definition) is 0. The van der Waals surface area contributed by atoms with E-state index in [1.807, 2.05) is 6.92 Å². The molecular formula is C12H17N7O2. The predicted octanol–water partition coefficient (Wildman–Crippen LogP) is 0.372. The van der Waals surface area contributed by atoms with Crippen molar-refractivity contribution in [2.45, 2.75) is 45.2 Å². The molecule has 0 aliphatic carbocycles. The Morgan fingerprint density at radius 3 is 3.10 bits per heavy atom. The molecule has 0 radical (unpaired) electrons. The Balaban J connectivity index is 1.76. The lowest BCUT2D eigenvalue weighted by atomic mass is 10.0. The van der Waals surface area contributed by atoms with E-state index < -0.39 is 0 Å². The van der Waals surface area contributed by atoms with E-state index in [0.717, 1.165) is 25.7 Å². The highest BCUT2D eigenvalue weighted by molar-refractivity contribution is 5.76. The third-order valence-electron chi connectivity index (χ3n) is 3.60. The summed E-state index contributed by atoms with van der Waals surface area (Å²) in [6, 6.07) is -0.143. The first-order valence-corrected chi connectivity index (χ1v) is 7.10. The van der Waals surface area contributed by atoms with Crippen LogP contribution in [0.25, 0.3) is 0 Å². The summed E-state index contributed by atoms with van der Waals surface area (Å²) in [6.45, 7) is 2.78. The number of piperidine rings is 1. The molecule has 2 aromatic rings. The van der Waals surface area contributed by atoms with Gasteiger partial charge in [0.15, 0.2) is 5.82 Å². The first kappa shape index (κ1) is 13.7. The summed E-state index contributed by atoms with van der Waals surface area (Å²) in [6.07, 6.45) is 5.01. The third kappa shape index (κ3) is 2.91. The summed E-state index contributed by atoms with van der Waals surface area (Å²) in [5.74, 6) is 1.16. The van der Waals surface area contributed by atoms with E-state index in [2.05, 4.69) is 25.7 Å². The van der Waals surface area contributed by atoms with E-state index in [0.29, 0.717) is 18.3 Å². The van der Waals surface area contributed by atoms with E-state index in [9.17, 15) is 4.79 Å². The van der Waals surface area contributed by atoms with E-state index in [1.165, 1.54) is 11.0 Å². The zero-order valence-electron chi connectivity index (χ0n) is 11.8. The second kappa shape index (κ2) is 5.98. The molecule has 0 N–H and O–H groups in total. The minimum atomic E-state index is -0.143. The van der Waals surface area contributed by atoms with Crippen molar-refractivity contribution in [1.82, 2.24) is 35.2 Å². The van der Waals surface area contributed by atoms with Gasteiger partial charge in [-0.15, -0.1) is 5.10 Å². The lowest BCUT2D eigenvalue weighted by Gasteiger charge is -2.33. The molecule has 9 heteroatoms. The fourth-order valence-corrected chi connectivity index (χ4v) is 2.52. The van der Waals surface area contributed by atoms with E-state index >= 15 is 0 Å². The van der Waals surface area contributed by atoms with Gasteiger partial charge in [-0.25, -0.2) is 4.68 Å². The number of amides is 1. The molecular weight excluding hydrogens is 274 g/mol. The van der Waals surface area contributed by atoms with Crippen LogP contribution in [-0.4, -0.2) is 47.7 Å². The van der Waals surface area contributed by atoms with Gasteiger partial charge in [0.25, 0.3) is 0 Å². The van der Waals surface area contributed by atoms with Crippen LogP contribution in [0, 0.1) is 0 Å². The van der Waals surface area contributed by atoms with Crippen molar-refractivity contribution in [3.8, 4) is 0 Å². The molecule has 0 spiro atoms. The number of aryl methyl sites for hydroxylation is 1. The molecule has 112 valence electrons. The van der Waals surface area contributed by atoms with Crippen LogP contribution in [0.2, 0.25) is 0 Å². The number of aromatic nitrogens is 6. The Labute approximate surface area is 121 Å².